The molecule has 16 heavy (non-hydrogen) atoms. The average molecular weight is 218 g/mol. The topological polar surface area (TPSA) is 41.1 Å². The molecule has 0 radical (unpaired) electrons. The van der Waals surface area contributed by atoms with Gasteiger partial charge in [-0.3, -0.25) is 4.79 Å². The minimum absolute atomic E-state index is 0.126. The Balaban J connectivity index is 2.28. The molecule has 3 nitrogen and oxygen atoms in total. The van der Waals surface area contributed by atoms with Crippen molar-refractivity contribution < 1.29 is 4.79 Å². The Kier molecular flexibility index (Phi) is 3.25. The standard InChI is InChI=1S/C13H18N2O/c1-3-11(14-2)9-4-6-12-10(8-9)5-7-13(16)15-12/h4,6,8,11,14H,3,5,7H2,1-2H3,(H,15,16). The van der Waals surface area contributed by atoms with E-state index in [1.807, 2.05) is 13.1 Å². The van der Waals surface area contributed by atoms with Crippen molar-refractivity contribution in [2.75, 3.05) is 12.4 Å². The van der Waals surface area contributed by atoms with Gasteiger partial charge in [0, 0.05) is 18.2 Å². The average Bonchev–Trinajstić information content (AvgIpc) is 2.31. The molecule has 0 aliphatic carbocycles. The summed E-state index contributed by atoms with van der Waals surface area (Å²) in [4.78, 5) is 11.2. The lowest BCUT2D eigenvalue weighted by molar-refractivity contribution is -0.116. The molecular weight excluding hydrogens is 200 g/mol. The Morgan fingerprint density at radius 2 is 2.25 bits per heavy atom. The molecule has 0 saturated carbocycles. The molecule has 0 aromatic heterocycles. The second-order valence-electron chi connectivity index (χ2n) is 4.21. The fraction of sp³-hybridized carbons (Fsp3) is 0.462. The number of carbonyl (C=O) groups excluding carboxylic acids is 1. The van der Waals surface area contributed by atoms with Crippen LogP contribution in [0, 0.1) is 0 Å². The van der Waals surface area contributed by atoms with E-state index in [0.29, 0.717) is 12.5 Å². The van der Waals surface area contributed by atoms with E-state index in [9.17, 15) is 4.79 Å². The summed E-state index contributed by atoms with van der Waals surface area (Å²) in [6, 6.07) is 6.72. The van der Waals surface area contributed by atoms with Crippen molar-refractivity contribution >= 4 is 11.6 Å². The van der Waals surface area contributed by atoms with Gasteiger partial charge in [0.15, 0.2) is 0 Å². The number of amides is 1. The van der Waals surface area contributed by atoms with Crippen molar-refractivity contribution in [2.24, 2.45) is 0 Å². The number of rotatable bonds is 3. The second-order valence-corrected chi connectivity index (χ2v) is 4.21. The number of nitrogens with one attached hydrogen (secondary N) is 2. The Morgan fingerprint density at radius 3 is 2.94 bits per heavy atom. The van der Waals surface area contributed by atoms with Gasteiger partial charge in [-0.25, -0.2) is 0 Å². The third-order valence-electron chi connectivity index (χ3n) is 3.18. The lowest BCUT2D eigenvalue weighted by Crippen LogP contribution is -2.20. The van der Waals surface area contributed by atoms with Crippen LogP contribution in [0.1, 0.15) is 36.9 Å². The van der Waals surface area contributed by atoms with Crippen molar-refractivity contribution in [3.05, 3.63) is 29.3 Å². The van der Waals surface area contributed by atoms with E-state index in [2.05, 4.69) is 29.7 Å². The molecule has 1 aromatic rings. The SMILES string of the molecule is CCC(NC)c1ccc2c(c1)CCC(=O)N2. The van der Waals surface area contributed by atoms with Crippen molar-refractivity contribution in [1.29, 1.82) is 0 Å². The molecular formula is C13H18N2O. The third-order valence-corrected chi connectivity index (χ3v) is 3.18. The predicted molar refractivity (Wildman–Crippen MR) is 65.5 cm³/mol. The number of fused-ring (bicyclic) bond motifs is 1. The summed E-state index contributed by atoms with van der Waals surface area (Å²) in [6.07, 6.45) is 2.53. The number of hydrogen-bond acceptors (Lipinski definition) is 2. The Morgan fingerprint density at radius 1 is 1.44 bits per heavy atom. The van der Waals surface area contributed by atoms with Gasteiger partial charge in [0.05, 0.1) is 0 Å². The zero-order valence-electron chi connectivity index (χ0n) is 9.84. The van der Waals surface area contributed by atoms with Crippen molar-refractivity contribution in [3.8, 4) is 0 Å². The summed E-state index contributed by atoms with van der Waals surface area (Å²) < 4.78 is 0. The quantitative estimate of drug-likeness (QED) is 0.817. The normalized spacial score (nSPS) is 16.5. The summed E-state index contributed by atoms with van der Waals surface area (Å²) in [5.74, 6) is 0.126. The first-order valence-corrected chi connectivity index (χ1v) is 5.84. The van der Waals surface area contributed by atoms with E-state index in [4.69, 9.17) is 0 Å². The van der Waals surface area contributed by atoms with Gasteiger partial charge in [-0.2, -0.15) is 0 Å². The molecule has 1 unspecified atom stereocenters. The van der Waals surface area contributed by atoms with E-state index in [1.165, 1.54) is 11.1 Å². The highest BCUT2D eigenvalue weighted by Gasteiger charge is 2.16. The van der Waals surface area contributed by atoms with Crippen LogP contribution in [0.15, 0.2) is 18.2 Å². The van der Waals surface area contributed by atoms with Crippen LogP contribution < -0.4 is 10.6 Å². The molecule has 86 valence electrons. The zero-order chi connectivity index (χ0) is 11.5. The van der Waals surface area contributed by atoms with Crippen LogP contribution in [0.3, 0.4) is 0 Å². The largest absolute Gasteiger partial charge is 0.326 e. The molecule has 1 aliphatic heterocycles. The molecule has 0 fully saturated rings. The van der Waals surface area contributed by atoms with Crippen LogP contribution in [-0.2, 0) is 11.2 Å². The Bertz CT molecular complexity index is 397. The van der Waals surface area contributed by atoms with Crippen LogP contribution in [0.2, 0.25) is 0 Å². The molecule has 1 heterocycles. The molecule has 1 aliphatic rings. The molecule has 0 spiro atoms. The van der Waals surface area contributed by atoms with Crippen LogP contribution in [0.4, 0.5) is 5.69 Å². The van der Waals surface area contributed by atoms with Gasteiger partial charge >= 0.3 is 0 Å². The fourth-order valence-electron chi connectivity index (χ4n) is 2.23. The Labute approximate surface area is 96.2 Å². The molecule has 2 rings (SSSR count). The monoisotopic (exact) mass is 218 g/mol. The Hall–Kier alpha value is -1.35. The predicted octanol–water partition coefficient (Wildman–Crippen LogP) is 2.24. The first kappa shape index (κ1) is 11.1. The number of aryl methyl sites for hydroxylation is 1. The molecule has 1 amide bonds. The maximum absolute atomic E-state index is 11.2. The van der Waals surface area contributed by atoms with Crippen LogP contribution in [0.25, 0.3) is 0 Å². The van der Waals surface area contributed by atoms with Crippen molar-refractivity contribution in [2.45, 2.75) is 32.2 Å². The van der Waals surface area contributed by atoms with Gasteiger partial charge in [-0.05, 0) is 37.1 Å². The summed E-state index contributed by atoms with van der Waals surface area (Å²) in [5.41, 5.74) is 3.54. The lowest BCUT2D eigenvalue weighted by atomic mass is 9.96. The van der Waals surface area contributed by atoms with Gasteiger partial charge in [0.1, 0.15) is 0 Å². The van der Waals surface area contributed by atoms with E-state index in [-0.39, 0.29) is 5.91 Å². The lowest BCUT2D eigenvalue weighted by Gasteiger charge is -2.20. The maximum atomic E-state index is 11.2. The summed E-state index contributed by atoms with van der Waals surface area (Å²) in [6.45, 7) is 2.17. The van der Waals surface area contributed by atoms with Crippen molar-refractivity contribution in [1.82, 2.24) is 5.32 Å². The number of carbonyl (C=O) groups is 1. The second kappa shape index (κ2) is 4.66. The molecule has 0 saturated heterocycles. The van der Waals surface area contributed by atoms with Gasteiger partial charge < -0.3 is 10.6 Å². The van der Waals surface area contributed by atoms with Gasteiger partial charge in [0.2, 0.25) is 5.91 Å². The van der Waals surface area contributed by atoms with E-state index < -0.39 is 0 Å². The van der Waals surface area contributed by atoms with Crippen molar-refractivity contribution in [3.63, 3.8) is 0 Å². The minimum atomic E-state index is 0.126. The molecule has 1 aromatic carbocycles. The first-order valence-electron chi connectivity index (χ1n) is 5.84. The zero-order valence-corrected chi connectivity index (χ0v) is 9.84. The summed E-state index contributed by atoms with van der Waals surface area (Å²) in [5, 5.41) is 6.20. The fourth-order valence-corrected chi connectivity index (χ4v) is 2.23. The summed E-state index contributed by atoms with van der Waals surface area (Å²) >= 11 is 0. The number of anilines is 1. The smallest absolute Gasteiger partial charge is 0.224 e. The first-order chi connectivity index (χ1) is 7.74. The maximum Gasteiger partial charge on any atom is 0.224 e. The van der Waals surface area contributed by atoms with E-state index in [1.54, 1.807) is 0 Å². The highest BCUT2D eigenvalue weighted by atomic mass is 16.1. The van der Waals surface area contributed by atoms with E-state index >= 15 is 0 Å². The highest BCUT2D eigenvalue weighted by molar-refractivity contribution is 5.93. The van der Waals surface area contributed by atoms with Crippen LogP contribution >= 0.6 is 0 Å². The van der Waals surface area contributed by atoms with Crippen LogP contribution in [0.5, 0.6) is 0 Å². The highest BCUT2D eigenvalue weighted by Crippen LogP contribution is 2.26. The van der Waals surface area contributed by atoms with Gasteiger partial charge in [-0.1, -0.05) is 19.1 Å². The molecule has 0 bridgehead atoms. The number of benzene rings is 1. The minimum Gasteiger partial charge on any atom is -0.326 e. The molecule has 1 atom stereocenters. The molecule has 2 N–H and O–H groups in total. The van der Waals surface area contributed by atoms with E-state index in [0.717, 1.165) is 18.5 Å². The number of hydrogen-bond donors (Lipinski definition) is 2. The van der Waals surface area contributed by atoms with Gasteiger partial charge in [0.25, 0.3) is 0 Å². The molecule has 3 heteroatoms. The van der Waals surface area contributed by atoms with Gasteiger partial charge in [-0.15, -0.1) is 0 Å². The van der Waals surface area contributed by atoms with Crippen LogP contribution in [-0.4, -0.2) is 13.0 Å². The third kappa shape index (κ3) is 2.09. The summed E-state index contributed by atoms with van der Waals surface area (Å²) in [7, 11) is 1.98.